The molecule has 1 rings (SSSR count). The van der Waals surface area contributed by atoms with Gasteiger partial charge in [-0.3, -0.25) is 0 Å². The maximum Gasteiger partial charge on any atom is 0.216 e. The third-order valence-corrected chi connectivity index (χ3v) is 4.76. The van der Waals surface area contributed by atoms with Crippen LogP contribution >= 0.6 is 0 Å². The number of sulfonamides is 1. The lowest BCUT2D eigenvalue weighted by molar-refractivity contribution is 0.215. The predicted molar refractivity (Wildman–Crippen MR) is 68.2 cm³/mol. The molecule has 6 heteroatoms. The molecule has 0 spiro atoms. The van der Waals surface area contributed by atoms with Crippen LogP contribution in [0.15, 0.2) is 24.3 Å². The van der Waals surface area contributed by atoms with E-state index in [-0.39, 0.29) is 24.2 Å². The maximum absolute atomic E-state index is 12.8. The first kappa shape index (κ1) is 15.1. The Hall–Kier alpha value is -0.980. The molecule has 0 N–H and O–H groups in total. The van der Waals surface area contributed by atoms with Crippen LogP contribution in [0.2, 0.25) is 0 Å². The Balaban J connectivity index is 2.83. The molecule has 102 valence electrons. The molecule has 0 aliphatic heterocycles. The van der Waals surface area contributed by atoms with Gasteiger partial charge in [0.05, 0.1) is 12.4 Å². The molecule has 0 unspecified atom stereocenters. The van der Waals surface area contributed by atoms with Crippen LogP contribution in [0.4, 0.5) is 4.39 Å². The highest BCUT2D eigenvalue weighted by molar-refractivity contribution is 7.89. The van der Waals surface area contributed by atoms with Crippen LogP contribution in [0.3, 0.4) is 0 Å². The molecule has 0 fully saturated rings. The van der Waals surface area contributed by atoms with E-state index in [1.807, 2.05) is 0 Å². The van der Waals surface area contributed by atoms with Crippen LogP contribution in [0, 0.1) is 5.82 Å². The lowest BCUT2D eigenvalue weighted by Gasteiger charge is -2.24. The van der Waals surface area contributed by atoms with E-state index in [0.29, 0.717) is 0 Å². The third-order valence-electron chi connectivity index (χ3n) is 2.88. The van der Waals surface area contributed by atoms with Crippen LogP contribution in [0.25, 0.3) is 0 Å². The minimum Gasteiger partial charge on any atom is -0.384 e. The second-order valence-electron chi connectivity index (χ2n) is 4.05. The van der Waals surface area contributed by atoms with E-state index in [4.69, 9.17) is 4.74 Å². The normalized spacial score (nSPS) is 13.8. The largest absolute Gasteiger partial charge is 0.384 e. The van der Waals surface area contributed by atoms with Crippen LogP contribution < -0.4 is 0 Å². The first-order chi connectivity index (χ1) is 8.38. The summed E-state index contributed by atoms with van der Waals surface area (Å²) in [5, 5.41) is 0. The van der Waals surface area contributed by atoms with Gasteiger partial charge in [0.1, 0.15) is 5.82 Å². The van der Waals surface area contributed by atoms with Gasteiger partial charge in [0.2, 0.25) is 10.0 Å². The number of halogens is 1. The molecule has 18 heavy (non-hydrogen) atoms. The highest BCUT2D eigenvalue weighted by Gasteiger charge is 2.23. The fraction of sp³-hybridized carbons (Fsp3) is 0.500. The first-order valence-corrected chi connectivity index (χ1v) is 7.19. The molecule has 1 aromatic rings. The van der Waals surface area contributed by atoms with Gasteiger partial charge in [0, 0.05) is 20.2 Å². The van der Waals surface area contributed by atoms with Crippen molar-refractivity contribution in [1.29, 1.82) is 0 Å². The van der Waals surface area contributed by atoms with E-state index < -0.39 is 10.0 Å². The van der Waals surface area contributed by atoms with E-state index >= 15 is 0 Å². The summed E-state index contributed by atoms with van der Waals surface area (Å²) in [4.78, 5) is 0. The van der Waals surface area contributed by atoms with Crippen molar-refractivity contribution in [3.05, 3.63) is 35.6 Å². The van der Waals surface area contributed by atoms with E-state index in [9.17, 15) is 12.8 Å². The smallest absolute Gasteiger partial charge is 0.216 e. The number of ether oxygens (including phenoxy) is 1. The highest BCUT2D eigenvalue weighted by atomic mass is 32.2. The van der Waals surface area contributed by atoms with Crippen molar-refractivity contribution in [1.82, 2.24) is 4.31 Å². The molecular formula is C12H18FNO3S. The van der Waals surface area contributed by atoms with Crippen LogP contribution in [-0.4, -0.2) is 39.2 Å². The van der Waals surface area contributed by atoms with Gasteiger partial charge >= 0.3 is 0 Å². The van der Waals surface area contributed by atoms with Crippen molar-refractivity contribution in [2.24, 2.45) is 0 Å². The third kappa shape index (κ3) is 3.76. The topological polar surface area (TPSA) is 46.6 Å². The average Bonchev–Trinajstić information content (AvgIpc) is 2.35. The van der Waals surface area contributed by atoms with Crippen molar-refractivity contribution in [3.8, 4) is 0 Å². The number of hydrogen-bond acceptors (Lipinski definition) is 3. The monoisotopic (exact) mass is 275 g/mol. The summed E-state index contributed by atoms with van der Waals surface area (Å²) in [5.41, 5.74) is 0.750. The van der Waals surface area contributed by atoms with E-state index in [1.54, 1.807) is 19.1 Å². The number of hydrogen-bond donors (Lipinski definition) is 0. The van der Waals surface area contributed by atoms with Crippen molar-refractivity contribution < 1.29 is 17.5 Å². The molecule has 0 saturated heterocycles. The second kappa shape index (κ2) is 6.26. The minimum absolute atomic E-state index is 0.0640. The molecule has 0 saturated carbocycles. The molecule has 0 aliphatic rings. The fourth-order valence-corrected chi connectivity index (χ4v) is 2.79. The summed E-state index contributed by atoms with van der Waals surface area (Å²) < 4.78 is 42.7. The van der Waals surface area contributed by atoms with Crippen LogP contribution in [0.5, 0.6) is 0 Å². The van der Waals surface area contributed by atoms with Gasteiger partial charge in [-0.25, -0.2) is 12.8 Å². The zero-order valence-electron chi connectivity index (χ0n) is 10.8. The van der Waals surface area contributed by atoms with Crippen molar-refractivity contribution in [2.45, 2.75) is 13.0 Å². The number of methoxy groups -OCH3 is 1. The Labute approximate surface area is 107 Å². The van der Waals surface area contributed by atoms with Crippen molar-refractivity contribution in [3.63, 3.8) is 0 Å². The van der Waals surface area contributed by atoms with E-state index in [0.717, 1.165) is 5.56 Å². The number of nitrogens with zero attached hydrogens (tertiary/aromatic N) is 1. The van der Waals surface area contributed by atoms with Gasteiger partial charge in [-0.1, -0.05) is 12.1 Å². The Kier molecular flexibility index (Phi) is 5.25. The standard InChI is InChI=1S/C12H18FNO3S/c1-10(11-4-6-12(13)7-5-11)14(2)18(15,16)9-8-17-3/h4-7,10H,8-9H2,1-3H3/t10-/m0/s1. The number of benzene rings is 1. The van der Waals surface area contributed by atoms with Gasteiger partial charge < -0.3 is 4.74 Å². The molecular weight excluding hydrogens is 257 g/mol. The van der Waals surface area contributed by atoms with E-state index in [1.165, 1.54) is 30.6 Å². The van der Waals surface area contributed by atoms with Crippen LogP contribution in [-0.2, 0) is 14.8 Å². The van der Waals surface area contributed by atoms with E-state index in [2.05, 4.69) is 0 Å². The van der Waals surface area contributed by atoms with Crippen LogP contribution in [0.1, 0.15) is 18.5 Å². The molecule has 0 aliphatic carbocycles. The summed E-state index contributed by atoms with van der Waals surface area (Å²) in [7, 11) is -0.395. The summed E-state index contributed by atoms with van der Waals surface area (Å²) in [6, 6.07) is 5.47. The Bertz CT molecular complexity index is 473. The van der Waals surface area contributed by atoms with Crippen molar-refractivity contribution in [2.75, 3.05) is 26.5 Å². The quantitative estimate of drug-likeness (QED) is 0.795. The van der Waals surface area contributed by atoms with Gasteiger partial charge in [-0.15, -0.1) is 0 Å². The SMILES string of the molecule is COCCS(=O)(=O)N(C)[C@@H](C)c1ccc(F)cc1. The highest BCUT2D eigenvalue weighted by Crippen LogP contribution is 2.21. The lowest BCUT2D eigenvalue weighted by atomic mass is 10.1. The molecule has 1 aromatic carbocycles. The zero-order chi connectivity index (χ0) is 13.8. The predicted octanol–water partition coefficient (Wildman–Crippen LogP) is 1.79. The molecule has 0 radical (unpaired) electrons. The van der Waals surface area contributed by atoms with Crippen molar-refractivity contribution >= 4 is 10.0 Å². The Morgan fingerprint density at radius 3 is 2.39 bits per heavy atom. The second-order valence-corrected chi connectivity index (χ2v) is 6.20. The summed E-state index contributed by atoms with van der Waals surface area (Å²) in [6.07, 6.45) is 0. The average molecular weight is 275 g/mol. The minimum atomic E-state index is -3.37. The van der Waals surface area contributed by atoms with Gasteiger partial charge in [-0.2, -0.15) is 4.31 Å². The molecule has 4 nitrogen and oxygen atoms in total. The number of rotatable bonds is 6. The molecule has 1 atom stereocenters. The Morgan fingerprint density at radius 1 is 1.33 bits per heavy atom. The Morgan fingerprint density at radius 2 is 1.89 bits per heavy atom. The fourth-order valence-electron chi connectivity index (χ4n) is 1.52. The van der Waals surface area contributed by atoms with Gasteiger partial charge in [0.15, 0.2) is 0 Å². The summed E-state index contributed by atoms with van der Waals surface area (Å²) in [6.45, 7) is 1.92. The first-order valence-electron chi connectivity index (χ1n) is 5.58. The molecule has 0 bridgehead atoms. The zero-order valence-corrected chi connectivity index (χ0v) is 11.6. The molecule has 0 heterocycles. The molecule has 0 aromatic heterocycles. The van der Waals surface area contributed by atoms with Gasteiger partial charge in [-0.05, 0) is 24.6 Å². The lowest BCUT2D eigenvalue weighted by Crippen LogP contribution is -2.33. The summed E-state index contributed by atoms with van der Waals surface area (Å²) >= 11 is 0. The molecule has 0 amide bonds. The van der Waals surface area contributed by atoms with Gasteiger partial charge in [0.25, 0.3) is 0 Å². The summed E-state index contributed by atoms with van der Waals surface area (Å²) in [5.74, 6) is -0.401. The maximum atomic E-state index is 12.8.